The Morgan fingerprint density at radius 1 is 1.44 bits per heavy atom. The molecule has 0 spiro atoms. The van der Waals surface area contributed by atoms with E-state index in [0.717, 1.165) is 34.7 Å². The number of rotatable bonds is 4. The molecule has 2 rings (SSSR count). The fourth-order valence-corrected chi connectivity index (χ4v) is 2.08. The van der Waals surface area contributed by atoms with Crippen LogP contribution in [0.25, 0.3) is 5.69 Å². The molecule has 1 aromatic carbocycles. The zero-order valence-electron chi connectivity index (χ0n) is 10.7. The summed E-state index contributed by atoms with van der Waals surface area (Å²) in [5.41, 5.74) is 9.15. The van der Waals surface area contributed by atoms with Gasteiger partial charge < -0.3 is 5.73 Å². The molecule has 0 aliphatic heterocycles. The molecular formula is C14H18ClN3. The SMILES string of the molecule is CCC(N)Cc1ccc(-n2cc(C)cn2)cc1Cl. The van der Waals surface area contributed by atoms with Crippen molar-refractivity contribution in [2.45, 2.75) is 32.7 Å². The van der Waals surface area contributed by atoms with Crippen molar-refractivity contribution in [2.75, 3.05) is 0 Å². The van der Waals surface area contributed by atoms with Crippen molar-refractivity contribution in [3.8, 4) is 5.69 Å². The standard InChI is InChI=1S/C14H18ClN3/c1-3-12(16)6-11-4-5-13(7-14(11)15)18-9-10(2)8-17-18/h4-5,7-9,12H,3,6,16H2,1-2H3. The molecule has 0 aliphatic rings. The van der Waals surface area contributed by atoms with E-state index in [1.165, 1.54) is 0 Å². The number of hydrogen-bond acceptors (Lipinski definition) is 2. The van der Waals surface area contributed by atoms with Gasteiger partial charge in [-0.25, -0.2) is 4.68 Å². The van der Waals surface area contributed by atoms with Crippen molar-refractivity contribution in [2.24, 2.45) is 5.73 Å². The first-order valence-electron chi connectivity index (χ1n) is 6.15. The Hall–Kier alpha value is -1.32. The predicted octanol–water partition coefficient (Wildman–Crippen LogP) is 3.11. The van der Waals surface area contributed by atoms with Crippen LogP contribution in [0.5, 0.6) is 0 Å². The van der Waals surface area contributed by atoms with E-state index >= 15 is 0 Å². The summed E-state index contributed by atoms with van der Waals surface area (Å²) in [6.45, 7) is 4.10. The van der Waals surface area contributed by atoms with Gasteiger partial charge in [0.1, 0.15) is 0 Å². The normalized spacial score (nSPS) is 12.7. The maximum absolute atomic E-state index is 6.29. The Bertz CT molecular complexity index is 534. The van der Waals surface area contributed by atoms with Crippen molar-refractivity contribution in [1.29, 1.82) is 0 Å². The van der Waals surface area contributed by atoms with Gasteiger partial charge in [-0.15, -0.1) is 0 Å². The van der Waals surface area contributed by atoms with Crippen molar-refractivity contribution in [1.82, 2.24) is 9.78 Å². The summed E-state index contributed by atoms with van der Waals surface area (Å²) in [4.78, 5) is 0. The van der Waals surface area contributed by atoms with Gasteiger partial charge in [-0.1, -0.05) is 24.6 Å². The number of nitrogens with zero attached hydrogens (tertiary/aromatic N) is 2. The number of aromatic nitrogens is 2. The summed E-state index contributed by atoms with van der Waals surface area (Å²) in [5, 5.41) is 5.02. The quantitative estimate of drug-likeness (QED) is 0.921. The van der Waals surface area contributed by atoms with Crippen molar-refractivity contribution in [3.05, 3.63) is 46.7 Å². The molecule has 2 aromatic rings. The predicted molar refractivity (Wildman–Crippen MR) is 75.3 cm³/mol. The molecule has 0 aliphatic carbocycles. The number of hydrogen-bond donors (Lipinski definition) is 1. The lowest BCUT2D eigenvalue weighted by atomic mass is 10.0. The van der Waals surface area contributed by atoms with Crippen LogP contribution in [0.2, 0.25) is 5.02 Å². The van der Waals surface area contributed by atoms with Crippen LogP contribution in [0.1, 0.15) is 24.5 Å². The maximum Gasteiger partial charge on any atom is 0.0660 e. The van der Waals surface area contributed by atoms with E-state index in [1.807, 2.05) is 42.2 Å². The zero-order chi connectivity index (χ0) is 13.1. The Kier molecular flexibility index (Phi) is 4.04. The number of aryl methyl sites for hydroxylation is 1. The minimum Gasteiger partial charge on any atom is -0.327 e. The van der Waals surface area contributed by atoms with Crippen molar-refractivity contribution < 1.29 is 0 Å². The maximum atomic E-state index is 6.29. The summed E-state index contributed by atoms with van der Waals surface area (Å²) >= 11 is 6.29. The van der Waals surface area contributed by atoms with Crippen LogP contribution in [0.15, 0.2) is 30.6 Å². The minimum atomic E-state index is 0.167. The van der Waals surface area contributed by atoms with Crippen LogP contribution in [-0.2, 0) is 6.42 Å². The number of benzene rings is 1. The van der Waals surface area contributed by atoms with Crippen LogP contribution < -0.4 is 5.73 Å². The highest BCUT2D eigenvalue weighted by molar-refractivity contribution is 6.31. The van der Waals surface area contributed by atoms with E-state index in [-0.39, 0.29) is 6.04 Å². The molecule has 0 bridgehead atoms. The first-order chi connectivity index (χ1) is 8.60. The Morgan fingerprint density at radius 3 is 2.78 bits per heavy atom. The minimum absolute atomic E-state index is 0.167. The van der Waals surface area contributed by atoms with Gasteiger partial charge in [0, 0.05) is 17.3 Å². The fraction of sp³-hybridized carbons (Fsp3) is 0.357. The van der Waals surface area contributed by atoms with Crippen molar-refractivity contribution in [3.63, 3.8) is 0 Å². The van der Waals surface area contributed by atoms with E-state index in [1.54, 1.807) is 0 Å². The third-order valence-corrected chi connectivity index (χ3v) is 3.37. The van der Waals surface area contributed by atoms with Crippen LogP contribution in [0, 0.1) is 6.92 Å². The summed E-state index contributed by atoms with van der Waals surface area (Å²) in [6.07, 6.45) is 5.57. The second-order valence-corrected chi connectivity index (χ2v) is 5.02. The second-order valence-electron chi connectivity index (χ2n) is 4.61. The molecule has 0 saturated heterocycles. The molecule has 3 nitrogen and oxygen atoms in total. The van der Waals surface area contributed by atoms with Gasteiger partial charge >= 0.3 is 0 Å². The molecule has 1 heterocycles. The topological polar surface area (TPSA) is 43.8 Å². The summed E-state index contributed by atoms with van der Waals surface area (Å²) in [5.74, 6) is 0. The van der Waals surface area contributed by atoms with E-state index < -0.39 is 0 Å². The Labute approximate surface area is 113 Å². The van der Waals surface area contributed by atoms with Gasteiger partial charge in [0.05, 0.1) is 11.9 Å². The lowest BCUT2D eigenvalue weighted by Crippen LogP contribution is -2.21. The Balaban J connectivity index is 2.24. The van der Waals surface area contributed by atoms with Crippen LogP contribution in [0.4, 0.5) is 0 Å². The molecule has 4 heteroatoms. The van der Waals surface area contributed by atoms with Gasteiger partial charge in [0.25, 0.3) is 0 Å². The van der Waals surface area contributed by atoms with Gasteiger partial charge in [0.2, 0.25) is 0 Å². The monoisotopic (exact) mass is 263 g/mol. The number of halogens is 1. The highest BCUT2D eigenvalue weighted by atomic mass is 35.5. The van der Waals surface area contributed by atoms with E-state index in [2.05, 4.69) is 12.0 Å². The zero-order valence-corrected chi connectivity index (χ0v) is 11.5. The molecule has 0 radical (unpaired) electrons. The average Bonchev–Trinajstić information content (AvgIpc) is 2.78. The first-order valence-corrected chi connectivity index (χ1v) is 6.53. The number of nitrogens with two attached hydrogens (primary N) is 1. The molecule has 1 unspecified atom stereocenters. The average molecular weight is 264 g/mol. The second kappa shape index (κ2) is 5.55. The Morgan fingerprint density at radius 2 is 2.22 bits per heavy atom. The van der Waals surface area contributed by atoms with Gasteiger partial charge in [-0.05, 0) is 43.0 Å². The molecule has 18 heavy (non-hydrogen) atoms. The van der Waals surface area contributed by atoms with Crippen LogP contribution in [0.3, 0.4) is 0 Å². The van der Waals surface area contributed by atoms with E-state index in [9.17, 15) is 0 Å². The van der Waals surface area contributed by atoms with Gasteiger partial charge in [-0.2, -0.15) is 5.10 Å². The summed E-state index contributed by atoms with van der Waals surface area (Å²) in [7, 11) is 0. The molecule has 1 aromatic heterocycles. The van der Waals surface area contributed by atoms with Gasteiger partial charge in [0.15, 0.2) is 0 Å². The lowest BCUT2D eigenvalue weighted by Gasteiger charge is -2.11. The van der Waals surface area contributed by atoms with E-state index in [0.29, 0.717) is 0 Å². The van der Waals surface area contributed by atoms with Gasteiger partial charge in [-0.3, -0.25) is 0 Å². The molecule has 96 valence electrons. The molecule has 0 fully saturated rings. The van der Waals surface area contributed by atoms with Crippen LogP contribution >= 0.6 is 11.6 Å². The highest BCUT2D eigenvalue weighted by Crippen LogP contribution is 2.21. The summed E-state index contributed by atoms with van der Waals surface area (Å²) in [6, 6.07) is 6.16. The molecule has 0 saturated carbocycles. The lowest BCUT2D eigenvalue weighted by molar-refractivity contribution is 0.646. The molecule has 0 amide bonds. The third kappa shape index (κ3) is 2.92. The molecular weight excluding hydrogens is 246 g/mol. The fourth-order valence-electron chi connectivity index (χ4n) is 1.83. The van der Waals surface area contributed by atoms with E-state index in [4.69, 9.17) is 17.3 Å². The summed E-state index contributed by atoms with van der Waals surface area (Å²) < 4.78 is 1.82. The highest BCUT2D eigenvalue weighted by Gasteiger charge is 2.07. The third-order valence-electron chi connectivity index (χ3n) is 3.02. The molecule has 1 atom stereocenters. The van der Waals surface area contributed by atoms with Crippen LogP contribution in [-0.4, -0.2) is 15.8 Å². The first kappa shape index (κ1) is 13.1. The molecule has 2 N–H and O–H groups in total. The van der Waals surface area contributed by atoms with Crippen molar-refractivity contribution >= 4 is 11.6 Å². The largest absolute Gasteiger partial charge is 0.327 e. The smallest absolute Gasteiger partial charge is 0.0660 e.